The average molecular weight is 474 g/mol. The van der Waals surface area contributed by atoms with Crippen molar-refractivity contribution in [2.24, 2.45) is 0 Å². The number of halogens is 4. The Kier molecular flexibility index (Phi) is 7.03. The van der Waals surface area contributed by atoms with Gasteiger partial charge in [0.15, 0.2) is 0 Å². The molecule has 0 saturated heterocycles. The summed E-state index contributed by atoms with van der Waals surface area (Å²) in [4.78, 5) is 24.6. The maximum atomic E-state index is 13.6. The summed E-state index contributed by atoms with van der Waals surface area (Å²) >= 11 is 17.7. The van der Waals surface area contributed by atoms with E-state index in [1.54, 1.807) is 18.2 Å². The minimum absolute atomic E-state index is 0.0149. The second-order valence-electron chi connectivity index (χ2n) is 5.75. The Labute approximate surface area is 184 Å². The van der Waals surface area contributed by atoms with Crippen LogP contribution in [0.25, 0.3) is 11.4 Å². The predicted molar refractivity (Wildman–Crippen MR) is 106 cm³/mol. The first-order valence-electron chi connectivity index (χ1n) is 8.20. The van der Waals surface area contributed by atoms with Crippen LogP contribution in [0.5, 0.6) is 0 Å². The van der Waals surface area contributed by atoms with Crippen LogP contribution in [0.2, 0.25) is 15.1 Å². The summed E-state index contributed by atoms with van der Waals surface area (Å²) in [5.41, 5.74) is 4.65. The van der Waals surface area contributed by atoms with Gasteiger partial charge in [-0.2, -0.15) is 4.80 Å². The minimum Gasteiger partial charge on any atom is -0.443 e. The number of tetrazole rings is 1. The zero-order valence-electron chi connectivity index (χ0n) is 14.9. The topological polar surface area (TPSA) is 111 Å². The van der Waals surface area contributed by atoms with Crippen molar-refractivity contribution in [2.75, 3.05) is 0 Å². The maximum Gasteiger partial charge on any atom is 0.426 e. The van der Waals surface area contributed by atoms with E-state index in [1.807, 2.05) is 5.43 Å². The average Bonchev–Trinajstić information content (AvgIpc) is 3.14. The van der Waals surface area contributed by atoms with Gasteiger partial charge in [0.25, 0.3) is 5.91 Å². The molecule has 2 N–H and O–H groups in total. The van der Waals surface area contributed by atoms with Crippen molar-refractivity contribution < 1.29 is 18.7 Å². The van der Waals surface area contributed by atoms with Crippen LogP contribution in [-0.2, 0) is 22.7 Å². The van der Waals surface area contributed by atoms with E-state index in [2.05, 4.69) is 20.8 Å². The summed E-state index contributed by atoms with van der Waals surface area (Å²) in [7, 11) is 0. The second-order valence-corrected chi connectivity index (χ2v) is 7.03. The Balaban J connectivity index is 1.49. The first-order chi connectivity index (χ1) is 14.3. The summed E-state index contributed by atoms with van der Waals surface area (Å²) in [6, 6.07) is 8.80. The number of hydrogen-bond acceptors (Lipinski definition) is 6. The molecule has 0 aliphatic heterocycles. The molecule has 2 amide bonds. The molecule has 1 heterocycles. The van der Waals surface area contributed by atoms with Crippen LogP contribution in [0, 0.1) is 5.82 Å². The van der Waals surface area contributed by atoms with Crippen LogP contribution in [-0.4, -0.2) is 32.2 Å². The van der Waals surface area contributed by atoms with Crippen LogP contribution in [0.1, 0.15) is 5.56 Å². The van der Waals surface area contributed by atoms with E-state index < -0.39 is 24.4 Å². The molecule has 1 aromatic heterocycles. The van der Waals surface area contributed by atoms with Gasteiger partial charge in [0.1, 0.15) is 19.0 Å². The van der Waals surface area contributed by atoms with Crippen molar-refractivity contribution in [1.82, 2.24) is 31.1 Å². The van der Waals surface area contributed by atoms with E-state index in [9.17, 15) is 14.0 Å². The number of amides is 2. The van der Waals surface area contributed by atoms with Crippen molar-refractivity contribution >= 4 is 46.8 Å². The van der Waals surface area contributed by atoms with Gasteiger partial charge in [0, 0.05) is 21.2 Å². The fraction of sp³-hybridized carbons (Fsp3) is 0.118. The van der Waals surface area contributed by atoms with Crippen LogP contribution in [0.15, 0.2) is 36.4 Å². The molecule has 0 unspecified atom stereocenters. The number of ether oxygens (including phenoxy) is 1. The Morgan fingerprint density at radius 2 is 1.83 bits per heavy atom. The lowest BCUT2D eigenvalue weighted by atomic mass is 10.2. The number of rotatable bonds is 5. The molecular weight excluding hydrogens is 462 g/mol. The molecule has 156 valence electrons. The van der Waals surface area contributed by atoms with Gasteiger partial charge in [-0.25, -0.2) is 14.6 Å². The molecule has 0 atom stereocenters. The molecule has 0 radical (unpaired) electrons. The highest BCUT2D eigenvalue weighted by molar-refractivity contribution is 6.35. The number of carbonyl (C=O) groups excluding carboxylic acids is 2. The van der Waals surface area contributed by atoms with Gasteiger partial charge in [-0.3, -0.25) is 10.2 Å². The lowest BCUT2D eigenvalue weighted by Crippen LogP contribution is -2.43. The van der Waals surface area contributed by atoms with E-state index in [1.165, 1.54) is 18.2 Å². The summed E-state index contributed by atoms with van der Waals surface area (Å²) < 4.78 is 18.4. The lowest BCUT2D eigenvalue weighted by molar-refractivity contribution is -0.123. The van der Waals surface area contributed by atoms with Crippen LogP contribution >= 0.6 is 34.8 Å². The summed E-state index contributed by atoms with van der Waals surface area (Å²) in [5, 5.41) is 12.5. The van der Waals surface area contributed by atoms with E-state index in [-0.39, 0.29) is 23.0 Å². The molecule has 9 nitrogen and oxygen atoms in total. The molecular formula is C17H12Cl3FN6O3. The Hall–Kier alpha value is -2.95. The molecule has 30 heavy (non-hydrogen) atoms. The molecule has 0 spiro atoms. The van der Waals surface area contributed by atoms with E-state index in [4.69, 9.17) is 39.5 Å². The minimum atomic E-state index is -1.01. The van der Waals surface area contributed by atoms with Crippen molar-refractivity contribution in [1.29, 1.82) is 0 Å². The fourth-order valence-electron chi connectivity index (χ4n) is 2.24. The van der Waals surface area contributed by atoms with Crippen LogP contribution in [0.3, 0.4) is 0 Å². The second kappa shape index (κ2) is 9.70. The standard InChI is InChI=1S/C17H12Cl3FN6O3/c18-10-4-9(5-11(19)6-10)16-23-26-27(25-16)7-15(28)22-24-17(29)30-8-12-13(20)2-1-3-14(12)21/h1-6H,7-8H2,(H,22,28)(H,24,29). The lowest BCUT2D eigenvalue weighted by Gasteiger charge is -2.09. The van der Waals surface area contributed by atoms with E-state index in [0.29, 0.717) is 15.6 Å². The normalized spacial score (nSPS) is 10.5. The molecule has 0 fully saturated rings. The highest BCUT2D eigenvalue weighted by atomic mass is 35.5. The smallest absolute Gasteiger partial charge is 0.426 e. The largest absolute Gasteiger partial charge is 0.443 e. The third kappa shape index (κ3) is 5.78. The molecule has 3 aromatic rings. The van der Waals surface area contributed by atoms with Gasteiger partial charge >= 0.3 is 6.09 Å². The molecule has 0 saturated carbocycles. The van der Waals surface area contributed by atoms with Gasteiger partial charge in [-0.15, -0.1) is 10.2 Å². The summed E-state index contributed by atoms with van der Waals surface area (Å²) in [6.45, 7) is -0.760. The number of hydrogen-bond donors (Lipinski definition) is 2. The third-order valence-corrected chi connectivity index (χ3v) is 4.36. The molecule has 2 aromatic carbocycles. The first-order valence-corrected chi connectivity index (χ1v) is 9.34. The van der Waals surface area contributed by atoms with Gasteiger partial charge in [0.05, 0.1) is 5.02 Å². The highest BCUT2D eigenvalue weighted by Gasteiger charge is 2.13. The Bertz CT molecular complexity index is 1050. The summed E-state index contributed by atoms with van der Waals surface area (Å²) in [6.07, 6.45) is -1.01. The molecule has 13 heteroatoms. The van der Waals surface area contributed by atoms with Crippen molar-refractivity contribution in [3.63, 3.8) is 0 Å². The molecule has 3 rings (SSSR count). The highest BCUT2D eigenvalue weighted by Crippen LogP contribution is 2.24. The fourth-order valence-corrected chi connectivity index (χ4v) is 2.99. The molecule has 0 aliphatic carbocycles. The molecule has 0 aliphatic rings. The van der Waals surface area contributed by atoms with E-state index >= 15 is 0 Å². The number of hydrazine groups is 1. The monoisotopic (exact) mass is 472 g/mol. The molecule has 0 bridgehead atoms. The van der Waals surface area contributed by atoms with Crippen molar-refractivity contribution in [3.05, 3.63) is 62.8 Å². The maximum absolute atomic E-state index is 13.6. The first kappa shape index (κ1) is 21.8. The Morgan fingerprint density at radius 3 is 2.53 bits per heavy atom. The predicted octanol–water partition coefficient (Wildman–Crippen LogP) is 3.40. The zero-order valence-corrected chi connectivity index (χ0v) is 17.2. The van der Waals surface area contributed by atoms with Crippen molar-refractivity contribution in [3.8, 4) is 11.4 Å². The number of benzene rings is 2. The number of carbonyl (C=O) groups is 2. The van der Waals surface area contributed by atoms with Gasteiger partial charge in [-0.1, -0.05) is 40.9 Å². The number of nitrogens with one attached hydrogen (secondary N) is 2. The van der Waals surface area contributed by atoms with Crippen LogP contribution < -0.4 is 10.9 Å². The zero-order chi connectivity index (χ0) is 21.7. The van der Waals surface area contributed by atoms with E-state index in [0.717, 1.165) is 4.80 Å². The van der Waals surface area contributed by atoms with Gasteiger partial charge < -0.3 is 4.74 Å². The van der Waals surface area contributed by atoms with Gasteiger partial charge in [-0.05, 0) is 35.5 Å². The quantitative estimate of drug-likeness (QED) is 0.550. The number of nitrogens with zero attached hydrogens (tertiary/aromatic N) is 4. The third-order valence-electron chi connectivity index (χ3n) is 3.57. The van der Waals surface area contributed by atoms with Gasteiger partial charge in [0.2, 0.25) is 5.82 Å². The van der Waals surface area contributed by atoms with Crippen LogP contribution in [0.4, 0.5) is 9.18 Å². The summed E-state index contributed by atoms with van der Waals surface area (Å²) in [5.74, 6) is -1.07. The Morgan fingerprint density at radius 1 is 1.10 bits per heavy atom. The SMILES string of the molecule is O=C(Cn1nnc(-c2cc(Cl)cc(Cl)c2)n1)NNC(=O)OCc1c(F)cccc1Cl. The van der Waals surface area contributed by atoms with Crippen molar-refractivity contribution in [2.45, 2.75) is 13.2 Å². The number of aromatic nitrogens is 4.